The van der Waals surface area contributed by atoms with E-state index in [1.807, 2.05) is 13.0 Å². The van der Waals surface area contributed by atoms with Crippen molar-refractivity contribution in [2.45, 2.75) is 19.8 Å². The Morgan fingerprint density at radius 3 is 2.91 bits per heavy atom. The Morgan fingerprint density at radius 1 is 1.64 bits per heavy atom. The Bertz CT molecular complexity index is 150. The van der Waals surface area contributed by atoms with E-state index in [-0.39, 0.29) is 5.91 Å². The number of amides is 1. The average molecular weight is 153 g/mol. The van der Waals surface area contributed by atoms with Crippen LogP contribution in [0.4, 0.5) is 0 Å². The molecule has 0 radical (unpaired) electrons. The van der Waals surface area contributed by atoms with Gasteiger partial charge in [0.25, 0.3) is 0 Å². The van der Waals surface area contributed by atoms with E-state index in [0.29, 0.717) is 0 Å². The van der Waals surface area contributed by atoms with Crippen LogP contribution < -0.4 is 5.32 Å². The summed E-state index contributed by atoms with van der Waals surface area (Å²) in [6, 6.07) is 0. The van der Waals surface area contributed by atoms with Gasteiger partial charge in [0.15, 0.2) is 0 Å². The maximum absolute atomic E-state index is 10.8. The molecule has 11 heavy (non-hydrogen) atoms. The molecule has 1 amide bonds. The fourth-order valence-electron chi connectivity index (χ4n) is 0.668. The van der Waals surface area contributed by atoms with Gasteiger partial charge in [0.1, 0.15) is 0 Å². The first-order valence-electron chi connectivity index (χ1n) is 3.82. The van der Waals surface area contributed by atoms with Crippen molar-refractivity contribution in [1.29, 1.82) is 0 Å². The summed E-state index contributed by atoms with van der Waals surface area (Å²) in [5.41, 5.74) is 0. The van der Waals surface area contributed by atoms with E-state index in [0.717, 1.165) is 19.4 Å². The van der Waals surface area contributed by atoms with Gasteiger partial charge in [-0.25, -0.2) is 0 Å². The van der Waals surface area contributed by atoms with Crippen LogP contribution in [0.5, 0.6) is 0 Å². The van der Waals surface area contributed by atoms with Gasteiger partial charge in [-0.2, -0.15) is 0 Å². The van der Waals surface area contributed by atoms with Crippen LogP contribution >= 0.6 is 0 Å². The lowest BCUT2D eigenvalue weighted by Gasteiger charge is -1.98. The number of allylic oxidation sites excluding steroid dienone is 2. The molecule has 0 unspecified atom stereocenters. The number of hydrogen-bond acceptors (Lipinski definition) is 1. The minimum atomic E-state index is -0.0171. The second kappa shape index (κ2) is 7.06. The monoisotopic (exact) mass is 153 g/mol. The molecule has 62 valence electrons. The van der Waals surface area contributed by atoms with E-state index < -0.39 is 0 Å². The summed E-state index contributed by atoms with van der Waals surface area (Å²) in [5.74, 6) is -0.0171. The highest BCUT2D eigenvalue weighted by molar-refractivity contribution is 5.87. The fraction of sp³-hybridized carbons (Fsp3) is 0.444. The average Bonchev–Trinajstić information content (AvgIpc) is 1.99. The van der Waals surface area contributed by atoms with E-state index in [1.54, 1.807) is 6.08 Å². The predicted octanol–water partition coefficient (Wildman–Crippen LogP) is 1.64. The molecule has 0 heterocycles. The molecule has 0 aliphatic rings. The molecule has 0 rings (SSSR count). The van der Waals surface area contributed by atoms with Crippen LogP contribution in [0, 0.1) is 0 Å². The van der Waals surface area contributed by atoms with Crippen molar-refractivity contribution in [2.75, 3.05) is 6.54 Å². The topological polar surface area (TPSA) is 29.1 Å². The number of unbranched alkanes of at least 4 members (excludes halogenated alkanes) is 1. The molecule has 2 nitrogen and oxygen atoms in total. The molecular weight excluding hydrogens is 138 g/mol. The van der Waals surface area contributed by atoms with Crippen molar-refractivity contribution in [3.05, 3.63) is 24.8 Å². The van der Waals surface area contributed by atoms with Gasteiger partial charge in [-0.15, -0.1) is 6.58 Å². The minimum Gasteiger partial charge on any atom is -0.353 e. The maximum atomic E-state index is 10.8. The molecule has 0 aromatic rings. The van der Waals surface area contributed by atoms with E-state index in [1.165, 1.54) is 6.08 Å². The summed E-state index contributed by atoms with van der Waals surface area (Å²) in [7, 11) is 0. The smallest absolute Gasteiger partial charge is 0.243 e. The van der Waals surface area contributed by atoms with Gasteiger partial charge in [0.2, 0.25) is 5.91 Å². The standard InChI is InChI=1S/C9H15NO/c1-3-5-6-8-10-9(11)7-4-2/h3-4,7H,1,5-6,8H2,2H3,(H,10,11)/b7-4+. The summed E-state index contributed by atoms with van der Waals surface area (Å²) in [5, 5.41) is 2.74. The van der Waals surface area contributed by atoms with Crippen molar-refractivity contribution in [3.8, 4) is 0 Å². The molecule has 0 spiro atoms. The first-order chi connectivity index (χ1) is 5.31. The number of carbonyl (C=O) groups is 1. The molecule has 0 aliphatic carbocycles. The molecule has 2 heteroatoms. The summed E-state index contributed by atoms with van der Waals surface area (Å²) in [6.45, 7) is 6.14. The minimum absolute atomic E-state index is 0.0171. The quantitative estimate of drug-likeness (QED) is 0.363. The lowest BCUT2D eigenvalue weighted by molar-refractivity contribution is -0.116. The summed E-state index contributed by atoms with van der Waals surface area (Å²) < 4.78 is 0. The Morgan fingerprint density at radius 2 is 2.36 bits per heavy atom. The summed E-state index contributed by atoms with van der Waals surface area (Å²) in [4.78, 5) is 10.8. The molecule has 0 saturated carbocycles. The highest BCUT2D eigenvalue weighted by atomic mass is 16.1. The fourth-order valence-corrected chi connectivity index (χ4v) is 0.668. The number of hydrogen-bond donors (Lipinski definition) is 1. The zero-order chi connectivity index (χ0) is 8.53. The largest absolute Gasteiger partial charge is 0.353 e. The highest BCUT2D eigenvalue weighted by Crippen LogP contribution is 1.85. The molecule has 0 saturated heterocycles. The van der Waals surface area contributed by atoms with E-state index in [4.69, 9.17) is 0 Å². The van der Waals surface area contributed by atoms with Gasteiger partial charge in [-0.3, -0.25) is 4.79 Å². The third-order valence-electron chi connectivity index (χ3n) is 1.20. The molecule has 0 atom stereocenters. The van der Waals surface area contributed by atoms with Gasteiger partial charge in [-0.1, -0.05) is 12.2 Å². The van der Waals surface area contributed by atoms with Crippen LogP contribution in [0.2, 0.25) is 0 Å². The second-order valence-electron chi connectivity index (χ2n) is 2.22. The van der Waals surface area contributed by atoms with Crippen molar-refractivity contribution >= 4 is 5.91 Å². The summed E-state index contributed by atoms with van der Waals surface area (Å²) in [6.07, 6.45) is 7.02. The summed E-state index contributed by atoms with van der Waals surface area (Å²) >= 11 is 0. The van der Waals surface area contributed by atoms with Crippen LogP contribution in [-0.2, 0) is 4.79 Å². The third-order valence-corrected chi connectivity index (χ3v) is 1.20. The van der Waals surface area contributed by atoms with Crippen molar-refractivity contribution in [2.24, 2.45) is 0 Å². The van der Waals surface area contributed by atoms with E-state index in [9.17, 15) is 4.79 Å². The zero-order valence-corrected chi connectivity index (χ0v) is 6.97. The molecule has 0 aliphatic heterocycles. The third kappa shape index (κ3) is 6.84. The van der Waals surface area contributed by atoms with Gasteiger partial charge in [0.05, 0.1) is 0 Å². The number of nitrogens with one attached hydrogen (secondary N) is 1. The Kier molecular flexibility index (Phi) is 6.39. The lowest BCUT2D eigenvalue weighted by atomic mass is 10.3. The van der Waals surface area contributed by atoms with E-state index >= 15 is 0 Å². The van der Waals surface area contributed by atoms with Crippen LogP contribution in [0.25, 0.3) is 0 Å². The molecule has 0 aromatic heterocycles. The van der Waals surface area contributed by atoms with Crippen molar-refractivity contribution < 1.29 is 4.79 Å². The Labute approximate surface area is 68.0 Å². The SMILES string of the molecule is C=CCCCNC(=O)/C=C/C. The number of rotatable bonds is 5. The Hall–Kier alpha value is -1.05. The highest BCUT2D eigenvalue weighted by Gasteiger charge is 1.90. The van der Waals surface area contributed by atoms with Gasteiger partial charge in [0, 0.05) is 6.54 Å². The lowest BCUT2D eigenvalue weighted by Crippen LogP contribution is -2.21. The normalized spacial score (nSPS) is 9.91. The van der Waals surface area contributed by atoms with Crippen LogP contribution in [0.15, 0.2) is 24.8 Å². The van der Waals surface area contributed by atoms with Gasteiger partial charge < -0.3 is 5.32 Å². The van der Waals surface area contributed by atoms with E-state index in [2.05, 4.69) is 11.9 Å². The van der Waals surface area contributed by atoms with Crippen LogP contribution in [-0.4, -0.2) is 12.5 Å². The van der Waals surface area contributed by atoms with Crippen LogP contribution in [0.3, 0.4) is 0 Å². The molecule has 1 N–H and O–H groups in total. The molecule has 0 aromatic carbocycles. The van der Waals surface area contributed by atoms with Crippen molar-refractivity contribution in [3.63, 3.8) is 0 Å². The molecule has 0 fully saturated rings. The van der Waals surface area contributed by atoms with Gasteiger partial charge >= 0.3 is 0 Å². The van der Waals surface area contributed by atoms with Crippen LogP contribution in [0.1, 0.15) is 19.8 Å². The zero-order valence-electron chi connectivity index (χ0n) is 6.97. The van der Waals surface area contributed by atoms with Crippen molar-refractivity contribution in [1.82, 2.24) is 5.32 Å². The maximum Gasteiger partial charge on any atom is 0.243 e. The first-order valence-corrected chi connectivity index (χ1v) is 3.82. The van der Waals surface area contributed by atoms with Gasteiger partial charge in [-0.05, 0) is 25.8 Å². The first kappa shape index (κ1) is 9.95. The Balaban J connectivity index is 3.24. The molecular formula is C9H15NO. The second-order valence-corrected chi connectivity index (χ2v) is 2.22. The predicted molar refractivity (Wildman–Crippen MR) is 47.3 cm³/mol. The number of carbonyl (C=O) groups excluding carboxylic acids is 1. The molecule has 0 bridgehead atoms.